The molecule has 0 bridgehead atoms. The smallest absolute Gasteiger partial charge is 0.152 e. The first-order chi connectivity index (χ1) is 7.43. The minimum Gasteiger partial charge on any atom is -0.396 e. The van der Waals surface area contributed by atoms with Gasteiger partial charge in [-0.1, -0.05) is 13.8 Å². The number of aromatic nitrogens is 1. The second-order valence-corrected chi connectivity index (χ2v) is 5.01. The Morgan fingerprint density at radius 2 is 1.94 bits per heavy atom. The fourth-order valence-electron chi connectivity index (χ4n) is 1.72. The highest BCUT2D eigenvalue weighted by molar-refractivity contribution is 5.66. The molecule has 0 aliphatic carbocycles. The second kappa shape index (κ2) is 5.19. The minimum atomic E-state index is 0.416. The minimum absolute atomic E-state index is 0.416. The maximum Gasteiger partial charge on any atom is 0.152 e. The summed E-state index contributed by atoms with van der Waals surface area (Å²) in [5, 5.41) is 0. The molecule has 1 heterocycles. The van der Waals surface area contributed by atoms with Gasteiger partial charge in [-0.2, -0.15) is 0 Å². The average molecular weight is 221 g/mol. The summed E-state index contributed by atoms with van der Waals surface area (Å²) in [5.74, 6) is 1.52. The molecule has 90 valence electrons. The number of anilines is 2. The van der Waals surface area contributed by atoms with Gasteiger partial charge in [-0.3, -0.25) is 0 Å². The van der Waals surface area contributed by atoms with Crippen molar-refractivity contribution in [3.8, 4) is 0 Å². The van der Waals surface area contributed by atoms with Gasteiger partial charge in [0.05, 0.1) is 5.69 Å². The Morgan fingerprint density at radius 1 is 1.31 bits per heavy atom. The van der Waals surface area contributed by atoms with E-state index in [0.717, 1.165) is 23.6 Å². The lowest BCUT2D eigenvalue weighted by atomic mass is 10.1. The average Bonchev–Trinajstić information content (AvgIpc) is 2.18. The van der Waals surface area contributed by atoms with Gasteiger partial charge < -0.3 is 10.6 Å². The molecule has 2 N–H and O–H groups in total. The summed E-state index contributed by atoms with van der Waals surface area (Å²) in [6, 6.07) is 2.37. The van der Waals surface area contributed by atoms with E-state index >= 15 is 0 Å². The Morgan fingerprint density at radius 3 is 2.44 bits per heavy atom. The molecule has 0 amide bonds. The van der Waals surface area contributed by atoms with Gasteiger partial charge in [0.15, 0.2) is 5.82 Å². The molecule has 16 heavy (non-hydrogen) atoms. The van der Waals surface area contributed by atoms with Crippen LogP contribution in [-0.4, -0.2) is 17.6 Å². The summed E-state index contributed by atoms with van der Waals surface area (Å²) in [7, 11) is 0. The van der Waals surface area contributed by atoms with Gasteiger partial charge in [-0.05, 0) is 38.3 Å². The molecule has 0 spiro atoms. The van der Waals surface area contributed by atoms with Crippen molar-refractivity contribution in [3.63, 3.8) is 0 Å². The van der Waals surface area contributed by atoms with Gasteiger partial charge in [-0.25, -0.2) is 4.98 Å². The topological polar surface area (TPSA) is 42.2 Å². The largest absolute Gasteiger partial charge is 0.396 e. The summed E-state index contributed by atoms with van der Waals surface area (Å²) in [5.41, 5.74) is 7.99. The first-order valence-electron chi connectivity index (χ1n) is 5.91. The summed E-state index contributed by atoms with van der Waals surface area (Å²) in [4.78, 5) is 6.69. The molecule has 0 atom stereocenters. The third kappa shape index (κ3) is 2.87. The van der Waals surface area contributed by atoms with E-state index in [1.54, 1.807) is 0 Å². The van der Waals surface area contributed by atoms with Crippen LogP contribution in [0.4, 0.5) is 11.5 Å². The number of rotatable bonds is 4. The Balaban J connectivity index is 3.06. The summed E-state index contributed by atoms with van der Waals surface area (Å²) < 4.78 is 0. The molecule has 0 unspecified atom stereocenters. The zero-order chi connectivity index (χ0) is 12.3. The van der Waals surface area contributed by atoms with Crippen molar-refractivity contribution < 1.29 is 0 Å². The van der Waals surface area contributed by atoms with Crippen LogP contribution < -0.4 is 10.6 Å². The number of pyridine rings is 1. The molecule has 0 fully saturated rings. The van der Waals surface area contributed by atoms with Crippen LogP contribution in [0.3, 0.4) is 0 Å². The highest BCUT2D eigenvalue weighted by Gasteiger charge is 2.16. The summed E-state index contributed by atoms with van der Waals surface area (Å²) in [6.45, 7) is 11.8. The van der Waals surface area contributed by atoms with Crippen molar-refractivity contribution in [1.29, 1.82) is 0 Å². The molecule has 0 saturated carbocycles. The predicted octanol–water partition coefficient (Wildman–Crippen LogP) is 2.84. The van der Waals surface area contributed by atoms with Crippen LogP contribution in [0.1, 0.15) is 33.3 Å². The fraction of sp³-hybridized carbons (Fsp3) is 0.615. The predicted molar refractivity (Wildman–Crippen MR) is 70.7 cm³/mol. The molecule has 0 aromatic carbocycles. The zero-order valence-corrected chi connectivity index (χ0v) is 11.0. The highest BCUT2D eigenvalue weighted by atomic mass is 15.2. The zero-order valence-electron chi connectivity index (χ0n) is 11.0. The van der Waals surface area contributed by atoms with Gasteiger partial charge in [0.1, 0.15) is 0 Å². The molecule has 0 saturated heterocycles. The maximum atomic E-state index is 6.09. The Kier molecular flexibility index (Phi) is 4.16. The van der Waals surface area contributed by atoms with E-state index in [0.29, 0.717) is 12.0 Å². The highest BCUT2D eigenvalue weighted by Crippen LogP contribution is 2.25. The number of nitrogens with two attached hydrogens (primary N) is 1. The van der Waals surface area contributed by atoms with E-state index in [1.165, 1.54) is 0 Å². The number of hydrogen-bond acceptors (Lipinski definition) is 3. The van der Waals surface area contributed by atoms with Crippen LogP contribution >= 0.6 is 0 Å². The molecule has 1 aromatic heterocycles. The van der Waals surface area contributed by atoms with Crippen molar-refractivity contribution in [1.82, 2.24) is 4.98 Å². The molecule has 0 radical (unpaired) electrons. The quantitative estimate of drug-likeness (QED) is 0.850. The van der Waals surface area contributed by atoms with Crippen molar-refractivity contribution in [2.24, 2.45) is 5.92 Å². The van der Waals surface area contributed by atoms with E-state index in [9.17, 15) is 0 Å². The van der Waals surface area contributed by atoms with Crippen molar-refractivity contribution in [2.45, 2.75) is 40.7 Å². The molecular formula is C13H23N3. The molecule has 1 rings (SSSR count). The van der Waals surface area contributed by atoms with E-state index in [2.05, 4.69) is 37.6 Å². The van der Waals surface area contributed by atoms with Crippen LogP contribution in [0.2, 0.25) is 0 Å². The summed E-state index contributed by atoms with van der Waals surface area (Å²) >= 11 is 0. The molecule has 3 heteroatoms. The van der Waals surface area contributed by atoms with Gasteiger partial charge in [0, 0.05) is 18.8 Å². The first kappa shape index (κ1) is 12.8. The van der Waals surface area contributed by atoms with Crippen molar-refractivity contribution >= 4 is 11.5 Å². The lowest BCUT2D eigenvalue weighted by Gasteiger charge is -2.30. The first-order valence-corrected chi connectivity index (χ1v) is 5.91. The molecular weight excluding hydrogens is 198 g/mol. The van der Waals surface area contributed by atoms with Crippen molar-refractivity contribution in [2.75, 3.05) is 17.2 Å². The third-order valence-electron chi connectivity index (χ3n) is 2.64. The Hall–Kier alpha value is -1.25. The normalized spacial score (nSPS) is 11.2. The van der Waals surface area contributed by atoms with Crippen LogP contribution in [0.15, 0.2) is 12.3 Å². The standard InChI is InChI=1S/C13H23N3/c1-9(2)8-16(10(3)4)13-12(14)11(5)6-7-15-13/h6-7,9-10H,8,14H2,1-5H3. The Bertz CT molecular complexity index is 345. The fourth-order valence-corrected chi connectivity index (χ4v) is 1.72. The third-order valence-corrected chi connectivity index (χ3v) is 2.64. The van der Waals surface area contributed by atoms with Crippen LogP contribution in [0.25, 0.3) is 0 Å². The second-order valence-electron chi connectivity index (χ2n) is 5.01. The number of aryl methyl sites for hydroxylation is 1. The number of nitrogen functional groups attached to an aromatic ring is 1. The maximum absolute atomic E-state index is 6.09. The molecule has 3 nitrogen and oxygen atoms in total. The number of hydrogen-bond donors (Lipinski definition) is 1. The lowest BCUT2D eigenvalue weighted by Crippen LogP contribution is -2.35. The van der Waals surface area contributed by atoms with Crippen LogP contribution in [-0.2, 0) is 0 Å². The van der Waals surface area contributed by atoms with Gasteiger partial charge in [0.25, 0.3) is 0 Å². The van der Waals surface area contributed by atoms with Crippen LogP contribution in [0, 0.1) is 12.8 Å². The van der Waals surface area contributed by atoms with Gasteiger partial charge in [-0.15, -0.1) is 0 Å². The van der Waals surface area contributed by atoms with Crippen LogP contribution in [0.5, 0.6) is 0 Å². The molecule has 1 aromatic rings. The number of nitrogens with zero attached hydrogens (tertiary/aromatic N) is 2. The van der Waals surface area contributed by atoms with Gasteiger partial charge >= 0.3 is 0 Å². The van der Waals surface area contributed by atoms with E-state index in [4.69, 9.17) is 5.73 Å². The van der Waals surface area contributed by atoms with Crippen molar-refractivity contribution in [3.05, 3.63) is 17.8 Å². The molecule has 0 aliphatic heterocycles. The Labute approximate surface area is 98.7 Å². The monoisotopic (exact) mass is 221 g/mol. The molecule has 0 aliphatic rings. The summed E-state index contributed by atoms with van der Waals surface area (Å²) in [6.07, 6.45) is 1.83. The van der Waals surface area contributed by atoms with E-state index < -0.39 is 0 Å². The lowest BCUT2D eigenvalue weighted by molar-refractivity contribution is 0.566. The van der Waals surface area contributed by atoms with Gasteiger partial charge in [0.2, 0.25) is 0 Å². The van der Waals surface area contributed by atoms with E-state index in [-0.39, 0.29) is 0 Å². The SMILES string of the molecule is Cc1ccnc(N(CC(C)C)C(C)C)c1N. The van der Waals surface area contributed by atoms with E-state index in [1.807, 2.05) is 19.2 Å².